The molecule has 0 bridgehead atoms. The van der Waals surface area contributed by atoms with Crippen LogP contribution >= 0.6 is 0 Å². The summed E-state index contributed by atoms with van der Waals surface area (Å²) in [5.41, 5.74) is 3.60. The largest absolute Gasteiger partial charge is 0.444 e. The summed E-state index contributed by atoms with van der Waals surface area (Å²) in [6, 6.07) is 6.51. The van der Waals surface area contributed by atoms with Crippen LogP contribution in [0.25, 0.3) is 0 Å². The second kappa shape index (κ2) is 8.81. The fourth-order valence-corrected chi connectivity index (χ4v) is 2.70. The third-order valence-corrected chi connectivity index (χ3v) is 4.03. The molecule has 28 heavy (non-hydrogen) atoms. The van der Waals surface area contributed by atoms with Crippen molar-refractivity contribution in [1.82, 2.24) is 20.2 Å². The van der Waals surface area contributed by atoms with Gasteiger partial charge in [-0.15, -0.1) is 0 Å². The highest BCUT2D eigenvalue weighted by molar-refractivity contribution is 5.90. The van der Waals surface area contributed by atoms with Gasteiger partial charge >= 0.3 is 18.2 Å². The van der Waals surface area contributed by atoms with E-state index in [1.807, 2.05) is 45.9 Å². The molecule has 5 amide bonds. The van der Waals surface area contributed by atoms with Crippen molar-refractivity contribution in [2.45, 2.75) is 33.3 Å². The number of ether oxygens (including phenoxy) is 1. The minimum atomic E-state index is -0.557. The first kappa shape index (κ1) is 21.3. The summed E-state index contributed by atoms with van der Waals surface area (Å²) in [5, 5.41) is 3.82. The van der Waals surface area contributed by atoms with Gasteiger partial charge in [-0.05, 0) is 45.4 Å². The molecule has 1 saturated heterocycles. The molecule has 0 atom stereocenters. The number of hydrazine groups is 1. The number of aryl methyl sites for hydroxylation is 1. The summed E-state index contributed by atoms with van der Waals surface area (Å²) in [7, 11) is 1.48. The Morgan fingerprint density at radius 2 is 1.68 bits per heavy atom. The Kier molecular flexibility index (Phi) is 6.71. The molecular weight excluding hydrogens is 362 g/mol. The number of rotatable bonds is 1. The van der Waals surface area contributed by atoms with Crippen molar-refractivity contribution in [3.8, 4) is 0 Å². The highest BCUT2D eigenvalue weighted by Gasteiger charge is 2.29. The van der Waals surface area contributed by atoms with Crippen LogP contribution in [0.3, 0.4) is 0 Å². The van der Waals surface area contributed by atoms with Gasteiger partial charge in [0, 0.05) is 38.9 Å². The zero-order chi connectivity index (χ0) is 20.9. The number of carbonyl (C=O) groups is 3. The van der Waals surface area contributed by atoms with Crippen LogP contribution in [0.5, 0.6) is 0 Å². The maximum Gasteiger partial charge on any atom is 0.410 e. The number of hydrogen-bond donors (Lipinski definition) is 2. The van der Waals surface area contributed by atoms with Crippen molar-refractivity contribution < 1.29 is 19.1 Å². The second-order valence-corrected chi connectivity index (χ2v) is 7.73. The maximum absolute atomic E-state index is 12.5. The number of anilines is 1. The van der Waals surface area contributed by atoms with Crippen molar-refractivity contribution in [3.63, 3.8) is 0 Å². The predicted molar refractivity (Wildman–Crippen MR) is 106 cm³/mol. The molecule has 1 aromatic rings. The van der Waals surface area contributed by atoms with Crippen LogP contribution in [0.4, 0.5) is 20.1 Å². The number of nitrogens with one attached hydrogen (secondary N) is 2. The number of carbonyl (C=O) groups excluding carboxylic acids is 3. The van der Waals surface area contributed by atoms with Crippen LogP contribution in [-0.4, -0.2) is 71.8 Å². The van der Waals surface area contributed by atoms with Crippen molar-refractivity contribution in [1.29, 1.82) is 0 Å². The number of benzene rings is 1. The summed E-state index contributed by atoms with van der Waals surface area (Å²) in [4.78, 5) is 39.9. The molecule has 9 nitrogen and oxygen atoms in total. The maximum atomic E-state index is 12.5. The molecular formula is C19H29N5O4. The molecule has 0 radical (unpaired) electrons. The van der Waals surface area contributed by atoms with Gasteiger partial charge in [-0.3, -0.25) is 0 Å². The highest BCUT2D eigenvalue weighted by Crippen LogP contribution is 2.13. The Morgan fingerprint density at radius 1 is 1.07 bits per heavy atom. The normalized spacial score (nSPS) is 14.3. The van der Waals surface area contributed by atoms with E-state index in [1.54, 1.807) is 15.9 Å². The van der Waals surface area contributed by atoms with Crippen LogP contribution in [0.1, 0.15) is 26.3 Å². The van der Waals surface area contributed by atoms with Crippen LogP contribution in [0, 0.1) is 6.92 Å². The Labute approximate surface area is 165 Å². The Hall–Kier alpha value is -2.97. The number of nitrogens with zero attached hydrogens (tertiary/aromatic N) is 3. The third kappa shape index (κ3) is 6.33. The number of hydrogen-bond acceptors (Lipinski definition) is 4. The molecule has 1 aliphatic rings. The fraction of sp³-hybridized carbons (Fsp3) is 0.526. The van der Waals surface area contributed by atoms with Crippen molar-refractivity contribution in [3.05, 3.63) is 29.8 Å². The van der Waals surface area contributed by atoms with Crippen LogP contribution < -0.4 is 10.7 Å². The van der Waals surface area contributed by atoms with Crippen molar-refractivity contribution in [2.75, 3.05) is 38.5 Å². The molecule has 2 rings (SSSR count). The van der Waals surface area contributed by atoms with Gasteiger partial charge < -0.3 is 19.9 Å². The van der Waals surface area contributed by atoms with E-state index in [-0.39, 0.29) is 12.1 Å². The molecule has 1 heterocycles. The van der Waals surface area contributed by atoms with Gasteiger partial charge in [-0.1, -0.05) is 12.1 Å². The van der Waals surface area contributed by atoms with E-state index in [0.29, 0.717) is 31.9 Å². The first-order chi connectivity index (χ1) is 13.0. The molecule has 0 saturated carbocycles. The van der Waals surface area contributed by atoms with Gasteiger partial charge in [-0.25, -0.2) is 24.8 Å². The third-order valence-electron chi connectivity index (χ3n) is 4.03. The molecule has 0 unspecified atom stereocenters. The van der Waals surface area contributed by atoms with Gasteiger partial charge in [-0.2, -0.15) is 0 Å². The van der Waals surface area contributed by atoms with E-state index in [9.17, 15) is 14.4 Å². The van der Waals surface area contributed by atoms with Gasteiger partial charge in [0.25, 0.3) is 0 Å². The first-order valence-electron chi connectivity index (χ1n) is 9.20. The fourth-order valence-electron chi connectivity index (χ4n) is 2.70. The predicted octanol–water partition coefficient (Wildman–Crippen LogP) is 2.64. The van der Waals surface area contributed by atoms with Gasteiger partial charge in [0.15, 0.2) is 0 Å². The topological polar surface area (TPSA) is 94.2 Å². The summed E-state index contributed by atoms with van der Waals surface area (Å²) in [6.45, 7) is 8.85. The van der Waals surface area contributed by atoms with Gasteiger partial charge in [0.1, 0.15) is 5.60 Å². The summed E-state index contributed by atoms with van der Waals surface area (Å²) in [6.07, 6.45) is -0.386. The number of urea groups is 2. The van der Waals surface area contributed by atoms with E-state index in [1.165, 1.54) is 7.05 Å². The lowest BCUT2D eigenvalue weighted by molar-refractivity contribution is 0.0157. The average Bonchev–Trinajstić information content (AvgIpc) is 2.59. The highest BCUT2D eigenvalue weighted by atomic mass is 16.6. The Bertz CT molecular complexity index is 723. The van der Waals surface area contributed by atoms with E-state index < -0.39 is 11.6 Å². The lowest BCUT2D eigenvalue weighted by Gasteiger charge is -2.37. The van der Waals surface area contributed by atoms with Crippen LogP contribution in [0.2, 0.25) is 0 Å². The Balaban J connectivity index is 1.80. The quantitative estimate of drug-likeness (QED) is 0.720. The molecule has 1 aromatic carbocycles. The minimum absolute atomic E-state index is 0.344. The summed E-state index contributed by atoms with van der Waals surface area (Å²) in [5.74, 6) is 0. The minimum Gasteiger partial charge on any atom is -0.444 e. The molecule has 1 fully saturated rings. The lowest BCUT2D eigenvalue weighted by atomic mass is 10.2. The molecule has 0 spiro atoms. The second-order valence-electron chi connectivity index (χ2n) is 7.73. The smallest absolute Gasteiger partial charge is 0.410 e. The van der Waals surface area contributed by atoms with E-state index in [4.69, 9.17) is 4.74 Å². The van der Waals surface area contributed by atoms with E-state index in [2.05, 4.69) is 10.7 Å². The van der Waals surface area contributed by atoms with E-state index in [0.717, 1.165) is 10.6 Å². The zero-order valence-corrected chi connectivity index (χ0v) is 17.1. The molecule has 2 N–H and O–H groups in total. The molecule has 154 valence electrons. The standard InChI is InChI=1S/C19H29N5O4/c1-14-7-6-8-15(13-14)20-16(25)21-22(5)17(26)23-9-11-24(12-10-23)18(27)28-19(2,3)4/h6-8,13H,9-12H2,1-5H3,(H2,20,21,25). The molecule has 9 heteroatoms. The first-order valence-corrected chi connectivity index (χ1v) is 9.20. The monoisotopic (exact) mass is 391 g/mol. The SMILES string of the molecule is Cc1cccc(NC(=O)NN(C)C(=O)N2CCN(C(=O)OC(C)(C)C)CC2)c1. The average molecular weight is 391 g/mol. The van der Waals surface area contributed by atoms with E-state index >= 15 is 0 Å². The number of piperazine rings is 1. The summed E-state index contributed by atoms with van der Waals surface area (Å²) < 4.78 is 5.35. The molecule has 0 aliphatic carbocycles. The molecule has 0 aromatic heterocycles. The molecule has 1 aliphatic heterocycles. The van der Waals surface area contributed by atoms with Crippen LogP contribution in [0.15, 0.2) is 24.3 Å². The van der Waals surface area contributed by atoms with Gasteiger partial charge in [0.05, 0.1) is 0 Å². The Morgan fingerprint density at radius 3 is 2.25 bits per heavy atom. The van der Waals surface area contributed by atoms with Crippen molar-refractivity contribution in [2.24, 2.45) is 0 Å². The zero-order valence-electron chi connectivity index (χ0n) is 17.1. The van der Waals surface area contributed by atoms with Gasteiger partial charge in [0.2, 0.25) is 0 Å². The lowest BCUT2D eigenvalue weighted by Crippen LogP contribution is -2.57. The van der Waals surface area contributed by atoms with Crippen molar-refractivity contribution >= 4 is 23.8 Å². The van der Waals surface area contributed by atoms with Crippen LogP contribution in [-0.2, 0) is 4.74 Å². The summed E-state index contributed by atoms with van der Waals surface area (Å²) >= 11 is 0. The number of amides is 5.